The molecule has 0 bridgehead atoms. The van der Waals surface area contributed by atoms with E-state index < -0.39 is 5.60 Å². The molecule has 4 rings (SSSR count). The van der Waals surface area contributed by atoms with E-state index in [0.29, 0.717) is 17.9 Å². The Morgan fingerprint density at radius 3 is 2.96 bits per heavy atom. The summed E-state index contributed by atoms with van der Waals surface area (Å²) in [5.74, 6) is 0.585. The van der Waals surface area contributed by atoms with E-state index in [1.54, 1.807) is 18.3 Å². The maximum absolute atomic E-state index is 10.6. The minimum absolute atomic E-state index is 0.326. The summed E-state index contributed by atoms with van der Waals surface area (Å²) in [6.45, 7) is 2.10. The number of hydrogen-bond acceptors (Lipinski definition) is 6. The predicted octanol–water partition coefficient (Wildman–Crippen LogP) is 3.76. The van der Waals surface area contributed by atoms with Gasteiger partial charge in [-0.1, -0.05) is 12.1 Å². The summed E-state index contributed by atoms with van der Waals surface area (Å²) in [5.41, 5.74) is 2.05. The summed E-state index contributed by atoms with van der Waals surface area (Å²) in [6, 6.07) is 9.67. The van der Waals surface area contributed by atoms with E-state index in [4.69, 9.17) is 4.42 Å². The lowest BCUT2D eigenvalue weighted by atomic mass is 9.99. The second-order valence-electron chi connectivity index (χ2n) is 5.64. The Morgan fingerprint density at radius 2 is 2.13 bits per heavy atom. The molecule has 0 aliphatic rings. The second kappa shape index (κ2) is 5.33. The van der Waals surface area contributed by atoms with Crippen LogP contribution in [0.1, 0.15) is 12.5 Å². The molecule has 6 heteroatoms. The quantitative estimate of drug-likeness (QED) is 0.598. The highest BCUT2D eigenvalue weighted by molar-refractivity contribution is 7.08. The first kappa shape index (κ1) is 14.2. The highest BCUT2D eigenvalue weighted by Crippen LogP contribution is 2.31. The Hall–Kier alpha value is -2.44. The number of benzene rings is 1. The van der Waals surface area contributed by atoms with Crippen molar-refractivity contribution in [3.8, 4) is 0 Å². The van der Waals surface area contributed by atoms with Crippen molar-refractivity contribution in [1.29, 1.82) is 0 Å². The Kier molecular flexibility index (Phi) is 3.28. The molecule has 0 radical (unpaired) electrons. The van der Waals surface area contributed by atoms with Crippen molar-refractivity contribution in [3.63, 3.8) is 0 Å². The zero-order chi connectivity index (χ0) is 15.9. The molecule has 3 aromatic heterocycles. The van der Waals surface area contributed by atoms with Gasteiger partial charge in [0.2, 0.25) is 0 Å². The number of rotatable bonds is 4. The zero-order valence-corrected chi connectivity index (χ0v) is 13.3. The topological polar surface area (TPSA) is 71.2 Å². The highest BCUT2D eigenvalue weighted by atomic mass is 32.1. The number of fused-ring (bicyclic) bond motifs is 3. The monoisotopic (exact) mass is 325 g/mol. The van der Waals surface area contributed by atoms with Crippen LogP contribution in [0.25, 0.3) is 22.1 Å². The van der Waals surface area contributed by atoms with Crippen LogP contribution in [0.15, 0.2) is 51.8 Å². The van der Waals surface area contributed by atoms with Crippen molar-refractivity contribution in [2.75, 3.05) is 11.9 Å². The summed E-state index contributed by atoms with van der Waals surface area (Å²) in [5, 5.41) is 18.7. The van der Waals surface area contributed by atoms with Gasteiger partial charge in [-0.15, -0.1) is 0 Å². The zero-order valence-electron chi connectivity index (χ0n) is 12.5. The maximum atomic E-state index is 10.6. The van der Waals surface area contributed by atoms with Crippen LogP contribution in [0.5, 0.6) is 0 Å². The third-order valence-electron chi connectivity index (χ3n) is 3.90. The van der Waals surface area contributed by atoms with Crippen molar-refractivity contribution in [2.24, 2.45) is 0 Å². The third-order valence-corrected chi connectivity index (χ3v) is 4.58. The Bertz CT molecular complexity index is 960. The number of hydrogen-bond donors (Lipinski definition) is 2. The lowest BCUT2D eigenvalue weighted by molar-refractivity contribution is 0.0719. The number of aromatic nitrogens is 2. The number of nitrogens with one attached hydrogen (secondary N) is 1. The van der Waals surface area contributed by atoms with Gasteiger partial charge in [0.1, 0.15) is 23.0 Å². The first-order valence-corrected chi connectivity index (χ1v) is 8.20. The molecule has 1 aromatic carbocycles. The average Bonchev–Trinajstić information content (AvgIpc) is 3.21. The maximum Gasteiger partial charge on any atom is 0.196 e. The van der Waals surface area contributed by atoms with E-state index in [9.17, 15) is 5.11 Å². The Labute approximate surface area is 136 Å². The van der Waals surface area contributed by atoms with Crippen LogP contribution >= 0.6 is 11.3 Å². The largest absolute Gasteiger partial charge is 0.450 e. The minimum Gasteiger partial charge on any atom is -0.450 e. The lowest BCUT2D eigenvalue weighted by Crippen LogP contribution is -2.30. The van der Waals surface area contributed by atoms with Gasteiger partial charge in [0, 0.05) is 11.9 Å². The fourth-order valence-electron chi connectivity index (χ4n) is 2.58. The molecule has 0 aliphatic heterocycles. The van der Waals surface area contributed by atoms with E-state index in [0.717, 1.165) is 22.0 Å². The van der Waals surface area contributed by atoms with Crippen molar-refractivity contribution < 1.29 is 9.52 Å². The fourth-order valence-corrected chi connectivity index (χ4v) is 3.36. The van der Waals surface area contributed by atoms with Gasteiger partial charge >= 0.3 is 0 Å². The van der Waals surface area contributed by atoms with E-state index in [2.05, 4.69) is 15.3 Å². The van der Waals surface area contributed by atoms with E-state index >= 15 is 0 Å². The standard InChI is InChI=1S/C17H15N3O2S/c1-17(21,11-6-7-23-8-11)9-18-16-15-14(19-10-20-16)12-4-2-3-5-13(12)22-15/h2-8,10,21H,9H2,1H3,(H,18,19,20). The van der Waals surface area contributed by atoms with Crippen molar-refractivity contribution in [3.05, 3.63) is 53.0 Å². The summed E-state index contributed by atoms with van der Waals surface area (Å²) < 4.78 is 5.87. The molecule has 0 aliphatic carbocycles. The van der Waals surface area contributed by atoms with Crippen LogP contribution in [0.2, 0.25) is 0 Å². The fraction of sp³-hybridized carbons (Fsp3) is 0.176. The summed E-state index contributed by atoms with van der Waals surface area (Å²) in [4.78, 5) is 8.58. The number of para-hydroxylation sites is 1. The van der Waals surface area contributed by atoms with Crippen LogP contribution in [0, 0.1) is 0 Å². The smallest absolute Gasteiger partial charge is 0.196 e. The van der Waals surface area contributed by atoms with E-state index in [-0.39, 0.29) is 0 Å². The molecule has 0 saturated carbocycles. The van der Waals surface area contributed by atoms with Gasteiger partial charge in [0.25, 0.3) is 0 Å². The van der Waals surface area contributed by atoms with Gasteiger partial charge in [0.05, 0.1) is 0 Å². The van der Waals surface area contributed by atoms with E-state index in [1.165, 1.54) is 6.33 Å². The molecule has 5 nitrogen and oxygen atoms in total. The van der Waals surface area contributed by atoms with Crippen LogP contribution in [-0.4, -0.2) is 21.6 Å². The SMILES string of the molecule is CC(O)(CNc1ncnc2c1oc1ccccc12)c1ccsc1. The molecular formula is C17H15N3O2S. The Balaban J connectivity index is 1.69. The van der Waals surface area contributed by atoms with Crippen molar-refractivity contribution in [2.45, 2.75) is 12.5 Å². The van der Waals surface area contributed by atoms with Crippen LogP contribution in [0.4, 0.5) is 5.82 Å². The minimum atomic E-state index is -0.983. The lowest BCUT2D eigenvalue weighted by Gasteiger charge is -2.23. The summed E-state index contributed by atoms with van der Waals surface area (Å²) in [6.07, 6.45) is 1.51. The molecule has 116 valence electrons. The molecule has 0 spiro atoms. The van der Waals surface area contributed by atoms with Gasteiger partial charge in [0.15, 0.2) is 11.4 Å². The Morgan fingerprint density at radius 1 is 1.26 bits per heavy atom. The molecule has 0 fully saturated rings. The van der Waals surface area contributed by atoms with Crippen molar-refractivity contribution in [1.82, 2.24) is 9.97 Å². The number of aliphatic hydroxyl groups is 1. The molecule has 2 N–H and O–H groups in total. The molecule has 4 aromatic rings. The first-order chi connectivity index (χ1) is 11.1. The summed E-state index contributed by atoms with van der Waals surface area (Å²) >= 11 is 1.56. The van der Waals surface area contributed by atoms with Crippen LogP contribution < -0.4 is 5.32 Å². The molecule has 0 saturated heterocycles. The molecule has 3 heterocycles. The number of nitrogens with zero attached hydrogens (tertiary/aromatic N) is 2. The van der Waals surface area contributed by atoms with Crippen LogP contribution in [0.3, 0.4) is 0 Å². The van der Waals surface area contributed by atoms with Crippen LogP contribution in [-0.2, 0) is 5.60 Å². The van der Waals surface area contributed by atoms with Gasteiger partial charge < -0.3 is 14.8 Å². The first-order valence-electron chi connectivity index (χ1n) is 7.26. The molecule has 23 heavy (non-hydrogen) atoms. The average molecular weight is 325 g/mol. The third kappa shape index (κ3) is 2.46. The van der Waals surface area contributed by atoms with Gasteiger partial charge in [-0.25, -0.2) is 9.97 Å². The number of anilines is 1. The number of furan rings is 1. The number of thiophene rings is 1. The van der Waals surface area contributed by atoms with Gasteiger partial charge in [-0.3, -0.25) is 0 Å². The second-order valence-corrected chi connectivity index (χ2v) is 6.42. The normalized spacial score (nSPS) is 14.2. The molecule has 0 amide bonds. The molecule has 1 unspecified atom stereocenters. The summed E-state index contributed by atoms with van der Waals surface area (Å²) in [7, 11) is 0. The predicted molar refractivity (Wildman–Crippen MR) is 91.7 cm³/mol. The van der Waals surface area contributed by atoms with Gasteiger partial charge in [-0.2, -0.15) is 11.3 Å². The highest BCUT2D eigenvalue weighted by Gasteiger charge is 2.24. The molecular weight excluding hydrogens is 310 g/mol. The molecule has 1 atom stereocenters. The van der Waals surface area contributed by atoms with Gasteiger partial charge in [-0.05, 0) is 41.4 Å². The van der Waals surface area contributed by atoms with Crippen molar-refractivity contribution >= 4 is 39.2 Å². The van der Waals surface area contributed by atoms with E-state index in [1.807, 2.05) is 41.1 Å².